The molecule has 2 N–H and O–H groups in total. The quantitative estimate of drug-likeness (QED) is 0.813. The maximum atomic E-state index is 12.0. The number of rotatable bonds is 5. The summed E-state index contributed by atoms with van der Waals surface area (Å²) >= 11 is 1.27. The van der Waals surface area contributed by atoms with E-state index in [-0.39, 0.29) is 17.0 Å². The molecule has 2 aromatic rings. The second-order valence-corrected chi connectivity index (χ2v) is 6.51. The molecule has 108 valence electrons. The van der Waals surface area contributed by atoms with Crippen LogP contribution in [-0.2, 0) is 10.0 Å². The lowest BCUT2D eigenvalue weighted by Gasteiger charge is -2.06. The van der Waals surface area contributed by atoms with Crippen LogP contribution in [0.25, 0.3) is 0 Å². The van der Waals surface area contributed by atoms with Gasteiger partial charge in [0.05, 0.1) is 11.4 Å². The van der Waals surface area contributed by atoms with Crippen molar-refractivity contribution in [3.63, 3.8) is 0 Å². The summed E-state index contributed by atoms with van der Waals surface area (Å²) in [7, 11) is -3.73. The zero-order valence-electron chi connectivity index (χ0n) is 10.7. The smallest absolute Gasteiger partial charge is 0.257 e. The summed E-state index contributed by atoms with van der Waals surface area (Å²) in [6, 6.07) is 5.67. The maximum Gasteiger partial charge on any atom is 0.257 e. The third-order valence-corrected chi connectivity index (χ3v) is 4.51. The molecule has 2 rings (SSSR count). The molecule has 0 unspecified atom stereocenters. The highest BCUT2D eigenvalue weighted by Gasteiger charge is 2.15. The lowest BCUT2D eigenvalue weighted by molar-refractivity contribution is 0.102. The number of carbonyl (C=O) groups excluding carboxylic acids is 1. The number of terminal acetylenes is 1. The van der Waals surface area contributed by atoms with E-state index in [0.29, 0.717) is 5.13 Å². The minimum absolute atomic E-state index is 0.0236. The number of nitrogens with one attached hydrogen (secondary N) is 2. The molecule has 1 heterocycles. The average Bonchev–Trinajstić information content (AvgIpc) is 2.98. The van der Waals surface area contributed by atoms with Gasteiger partial charge in [0.15, 0.2) is 5.13 Å². The van der Waals surface area contributed by atoms with Crippen molar-refractivity contribution in [1.29, 1.82) is 0 Å². The van der Waals surface area contributed by atoms with E-state index in [1.54, 1.807) is 11.6 Å². The summed E-state index contributed by atoms with van der Waals surface area (Å²) in [5, 5.41) is 4.75. The highest BCUT2D eigenvalue weighted by molar-refractivity contribution is 7.89. The van der Waals surface area contributed by atoms with E-state index in [0.717, 1.165) is 0 Å². The summed E-state index contributed by atoms with van der Waals surface area (Å²) in [5.74, 6) is 1.75. The molecule has 0 atom stereocenters. The second-order valence-electron chi connectivity index (χ2n) is 3.85. The van der Waals surface area contributed by atoms with Crippen LogP contribution in [0.5, 0.6) is 0 Å². The molecule has 0 spiro atoms. The third-order valence-electron chi connectivity index (χ3n) is 2.42. The van der Waals surface area contributed by atoms with E-state index < -0.39 is 15.9 Å². The number of carbonyl (C=O) groups is 1. The number of aromatic nitrogens is 1. The Kier molecular flexibility index (Phi) is 4.70. The highest BCUT2D eigenvalue weighted by Crippen LogP contribution is 2.15. The van der Waals surface area contributed by atoms with Crippen LogP contribution in [0.2, 0.25) is 0 Å². The van der Waals surface area contributed by atoms with Gasteiger partial charge >= 0.3 is 0 Å². The molecule has 0 radical (unpaired) electrons. The Morgan fingerprint density at radius 2 is 2.24 bits per heavy atom. The van der Waals surface area contributed by atoms with E-state index in [4.69, 9.17) is 6.42 Å². The number of amides is 1. The number of thiazole rings is 1. The molecule has 1 aromatic carbocycles. The molecule has 0 saturated heterocycles. The number of benzene rings is 1. The largest absolute Gasteiger partial charge is 0.298 e. The predicted octanol–water partition coefficient (Wildman–Crippen LogP) is 1.31. The van der Waals surface area contributed by atoms with Gasteiger partial charge < -0.3 is 0 Å². The van der Waals surface area contributed by atoms with Crippen LogP contribution in [-0.4, -0.2) is 25.9 Å². The Balaban J connectivity index is 2.21. The van der Waals surface area contributed by atoms with Gasteiger partial charge in [-0.25, -0.2) is 13.4 Å². The van der Waals surface area contributed by atoms with E-state index in [1.807, 2.05) is 0 Å². The second kappa shape index (κ2) is 6.49. The number of hydrogen-bond donors (Lipinski definition) is 2. The Hall–Kier alpha value is -2.21. The number of nitrogens with zero attached hydrogens (tertiary/aromatic N) is 1. The van der Waals surface area contributed by atoms with Crippen molar-refractivity contribution in [2.75, 3.05) is 11.9 Å². The fourth-order valence-electron chi connectivity index (χ4n) is 1.48. The summed E-state index contributed by atoms with van der Waals surface area (Å²) in [6.45, 7) is -0.113. The predicted molar refractivity (Wildman–Crippen MR) is 80.5 cm³/mol. The van der Waals surface area contributed by atoms with Gasteiger partial charge in [-0.3, -0.25) is 10.1 Å². The molecular formula is C13H11N3O3S2. The van der Waals surface area contributed by atoms with Crippen LogP contribution >= 0.6 is 11.3 Å². The minimum Gasteiger partial charge on any atom is -0.298 e. The highest BCUT2D eigenvalue weighted by atomic mass is 32.2. The molecule has 0 aliphatic rings. The average molecular weight is 321 g/mol. The summed E-state index contributed by atoms with van der Waals surface area (Å²) in [4.78, 5) is 15.9. The van der Waals surface area contributed by atoms with Gasteiger partial charge in [-0.1, -0.05) is 12.0 Å². The van der Waals surface area contributed by atoms with Crippen molar-refractivity contribution >= 4 is 32.4 Å². The fourth-order valence-corrected chi connectivity index (χ4v) is 2.98. The molecule has 0 aliphatic carbocycles. The van der Waals surface area contributed by atoms with E-state index >= 15 is 0 Å². The zero-order chi connectivity index (χ0) is 15.3. The Morgan fingerprint density at radius 3 is 2.90 bits per heavy atom. The van der Waals surface area contributed by atoms with Crippen LogP contribution in [0.3, 0.4) is 0 Å². The van der Waals surface area contributed by atoms with E-state index in [2.05, 4.69) is 20.9 Å². The first kappa shape index (κ1) is 15.2. The first-order chi connectivity index (χ1) is 10.0. The number of sulfonamides is 1. The molecule has 0 fully saturated rings. The summed E-state index contributed by atoms with van der Waals surface area (Å²) < 4.78 is 26.1. The van der Waals surface area contributed by atoms with Crippen LogP contribution in [0, 0.1) is 12.3 Å². The Bertz CT molecular complexity index is 777. The molecule has 1 amide bonds. The van der Waals surface area contributed by atoms with Crippen LogP contribution < -0.4 is 10.0 Å². The Labute approximate surface area is 126 Å². The SMILES string of the molecule is C#CCNS(=O)(=O)c1cccc(C(=O)Nc2nccs2)c1. The van der Waals surface area contributed by atoms with E-state index in [1.165, 1.54) is 35.6 Å². The molecule has 0 aliphatic heterocycles. The zero-order valence-corrected chi connectivity index (χ0v) is 12.4. The van der Waals surface area contributed by atoms with Crippen molar-refractivity contribution in [3.05, 3.63) is 41.4 Å². The molecule has 1 aromatic heterocycles. The standard InChI is InChI=1S/C13H11N3O3S2/c1-2-6-15-21(18,19)11-5-3-4-10(9-11)12(17)16-13-14-7-8-20-13/h1,3-5,7-9,15H,6H2,(H,14,16,17). The van der Waals surface area contributed by atoms with Gasteiger partial charge in [0.1, 0.15) is 0 Å². The number of hydrogen-bond acceptors (Lipinski definition) is 5. The molecule has 6 nitrogen and oxygen atoms in total. The number of anilines is 1. The lowest BCUT2D eigenvalue weighted by atomic mass is 10.2. The molecule has 0 saturated carbocycles. The van der Waals surface area contributed by atoms with Crippen LogP contribution in [0.4, 0.5) is 5.13 Å². The summed E-state index contributed by atoms with van der Waals surface area (Å²) in [6.07, 6.45) is 6.58. The van der Waals surface area contributed by atoms with Crippen molar-refractivity contribution < 1.29 is 13.2 Å². The normalized spacial score (nSPS) is 10.8. The van der Waals surface area contributed by atoms with Crippen LogP contribution in [0.15, 0.2) is 40.7 Å². The molecule has 0 bridgehead atoms. The van der Waals surface area contributed by atoms with Gasteiger partial charge in [0, 0.05) is 17.1 Å². The fraction of sp³-hybridized carbons (Fsp3) is 0.0769. The first-order valence-electron chi connectivity index (χ1n) is 5.77. The van der Waals surface area contributed by atoms with Crippen molar-refractivity contribution in [1.82, 2.24) is 9.71 Å². The maximum absolute atomic E-state index is 12.0. The molecule has 8 heteroatoms. The van der Waals surface area contributed by atoms with Gasteiger partial charge in [-0.15, -0.1) is 17.8 Å². The van der Waals surface area contributed by atoms with Gasteiger partial charge in [0.2, 0.25) is 10.0 Å². The first-order valence-corrected chi connectivity index (χ1v) is 8.13. The minimum atomic E-state index is -3.73. The van der Waals surface area contributed by atoms with Crippen molar-refractivity contribution in [3.8, 4) is 12.3 Å². The topological polar surface area (TPSA) is 88.2 Å². The monoisotopic (exact) mass is 321 g/mol. The van der Waals surface area contributed by atoms with Crippen LogP contribution in [0.1, 0.15) is 10.4 Å². The lowest BCUT2D eigenvalue weighted by Crippen LogP contribution is -2.24. The summed E-state index contributed by atoms with van der Waals surface area (Å²) in [5.41, 5.74) is 0.216. The van der Waals surface area contributed by atoms with E-state index in [9.17, 15) is 13.2 Å². The molecular weight excluding hydrogens is 310 g/mol. The van der Waals surface area contributed by atoms with Crippen molar-refractivity contribution in [2.45, 2.75) is 4.90 Å². The van der Waals surface area contributed by atoms with Gasteiger partial charge in [-0.2, -0.15) is 4.72 Å². The van der Waals surface area contributed by atoms with Gasteiger partial charge in [-0.05, 0) is 18.2 Å². The third kappa shape index (κ3) is 3.88. The Morgan fingerprint density at radius 1 is 1.43 bits per heavy atom. The van der Waals surface area contributed by atoms with Gasteiger partial charge in [0.25, 0.3) is 5.91 Å². The molecule has 21 heavy (non-hydrogen) atoms. The van der Waals surface area contributed by atoms with Crippen molar-refractivity contribution in [2.24, 2.45) is 0 Å².